The molecule has 1 saturated heterocycles. The van der Waals surface area contributed by atoms with Gasteiger partial charge in [0, 0.05) is 12.1 Å². The van der Waals surface area contributed by atoms with Crippen LogP contribution in [0.4, 0.5) is 0 Å². The van der Waals surface area contributed by atoms with Crippen LogP contribution in [0.15, 0.2) is 41.0 Å². The number of nitrogens with one attached hydrogen (secondary N) is 1. The minimum atomic E-state index is -0.0343. The fourth-order valence-electron chi connectivity index (χ4n) is 3.23. The van der Waals surface area contributed by atoms with Crippen LogP contribution in [0.3, 0.4) is 0 Å². The van der Waals surface area contributed by atoms with Gasteiger partial charge in [-0.3, -0.25) is 9.69 Å². The van der Waals surface area contributed by atoms with Crippen molar-refractivity contribution in [3.05, 3.63) is 47.9 Å². The Morgan fingerprint density at radius 1 is 1.24 bits per heavy atom. The number of fused-ring (bicyclic) bond motifs is 1. The van der Waals surface area contributed by atoms with Gasteiger partial charge in [0.05, 0.1) is 24.5 Å². The molecule has 1 aliphatic rings. The van der Waals surface area contributed by atoms with Crippen LogP contribution in [0.2, 0.25) is 0 Å². The molecule has 130 valence electrons. The first-order valence-corrected chi connectivity index (χ1v) is 9.26. The van der Waals surface area contributed by atoms with Crippen molar-refractivity contribution >= 4 is 28.7 Å². The Labute approximate surface area is 150 Å². The molecule has 0 bridgehead atoms. The van der Waals surface area contributed by atoms with Crippen molar-refractivity contribution in [1.29, 1.82) is 0 Å². The maximum atomic E-state index is 12.4. The Morgan fingerprint density at radius 2 is 2.08 bits per heavy atom. The molecule has 7 heteroatoms. The standard InChI is InChI=1S/C18H20N4O2S/c23-18(14-3-4-16-17(10-14)21-25-20-16)19-11-13-5-7-22(8-6-13)12-15-2-1-9-24-15/h1-4,9-10,13H,5-8,11-12H2,(H,19,23). The molecular weight excluding hydrogens is 336 g/mol. The minimum Gasteiger partial charge on any atom is -0.468 e. The summed E-state index contributed by atoms with van der Waals surface area (Å²) in [6.45, 7) is 3.67. The lowest BCUT2D eigenvalue weighted by Crippen LogP contribution is -2.38. The third-order valence-electron chi connectivity index (χ3n) is 4.73. The molecule has 0 atom stereocenters. The SMILES string of the molecule is O=C(NCC1CCN(Cc2ccco2)CC1)c1ccc2nsnc2c1. The number of carbonyl (C=O) groups excluding carboxylic acids is 1. The van der Waals surface area contributed by atoms with E-state index in [0.717, 1.165) is 55.8 Å². The number of benzene rings is 1. The number of furan rings is 1. The van der Waals surface area contributed by atoms with E-state index in [2.05, 4.69) is 19.0 Å². The number of aromatic nitrogens is 2. The Hall–Kier alpha value is -2.25. The Morgan fingerprint density at radius 3 is 2.88 bits per heavy atom. The fourth-order valence-corrected chi connectivity index (χ4v) is 3.75. The summed E-state index contributed by atoms with van der Waals surface area (Å²) in [6, 6.07) is 9.41. The van der Waals surface area contributed by atoms with Crippen LogP contribution in [0.5, 0.6) is 0 Å². The third kappa shape index (κ3) is 3.88. The molecule has 4 rings (SSSR count). The smallest absolute Gasteiger partial charge is 0.251 e. The van der Waals surface area contributed by atoms with Crippen molar-refractivity contribution in [2.75, 3.05) is 19.6 Å². The van der Waals surface area contributed by atoms with Crippen molar-refractivity contribution in [1.82, 2.24) is 19.0 Å². The van der Waals surface area contributed by atoms with Gasteiger partial charge in [-0.05, 0) is 62.2 Å². The zero-order valence-corrected chi connectivity index (χ0v) is 14.7. The zero-order chi connectivity index (χ0) is 17.1. The molecule has 1 aromatic carbocycles. The first kappa shape index (κ1) is 16.2. The number of carbonyl (C=O) groups is 1. The zero-order valence-electron chi connectivity index (χ0n) is 13.9. The quantitative estimate of drug-likeness (QED) is 0.761. The number of hydrogen-bond donors (Lipinski definition) is 1. The van der Waals surface area contributed by atoms with E-state index in [0.29, 0.717) is 11.5 Å². The first-order chi connectivity index (χ1) is 12.3. The van der Waals surface area contributed by atoms with Crippen molar-refractivity contribution in [3.63, 3.8) is 0 Å². The second-order valence-corrected chi connectivity index (χ2v) is 7.01. The molecule has 1 fully saturated rings. The maximum Gasteiger partial charge on any atom is 0.251 e. The molecule has 1 amide bonds. The van der Waals surface area contributed by atoms with Gasteiger partial charge in [-0.2, -0.15) is 8.75 Å². The minimum absolute atomic E-state index is 0.0343. The van der Waals surface area contributed by atoms with E-state index >= 15 is 0 Å². The molecule has 3 heterocycles. The third-order valence-corrected chi connectivity index (χ3v) is 5.29. The Kier molecular flexibility index (Phi) is 4.76. The number of nitrogens with zero attached hydrogens (tertiary/aromatic N) is 3. The van der Waals surface area contributed by atoms with E-state index in [1.54, 1.807) is 12.3 Å². The molecule has 1 aliphatic heterocycles. The van der Waals surface area contributed by atoms with Crippen molar-refractivity contribution in [2.24, 2.45) is 5.92 Å². The van der Waals surface area contributed by atoms with Gasteiger partial charge in [0.25, 0.3) is 5.91 Å². The number of piperidine rings is 1. The monoisotopic (exact) mass is 356 g/mol. The molecule has 6 nitrogen and oxygen atoms in total. The lowest BCUT2D eigenvalue weighted by molar-refractivity contribution is 0.0934. The summed E-state index contributed by atoms with van der Waals surface area (Å²) in [5.41, 5.74) is 2.27. The number of hydrogen-bond acceptors (Lipinski definition) is 6. The van der Waals surface area contributed by atoms with E-state index in [1.807, 2.05) is 24.3 Å². The molecule has 0 saturated carbocycles. The second kappa shape index (κ2) is 7.33. The highest BCUT2D eigenvalue weighted by Gasteiger charge is 2.20. The van der Waals surface area contributed by atoms with E-state index < -0.39 is 0 Å². The van der Waals surface area contributed by atoms with E-state index in [9.17, 15) is 4.79 Å². The predicted molar refractivity (Wildman–Crippen MR) is 96.5 cm³/mol. The molecule has 0 radical (unpaired) electrons. The molecular formula is C18H20N4O2S. The van der Waals surface area contributed by atoms with Gasteiger partial charge in [-0.1, -0.05) is 0 Å². The highest BCUT2D eigenvalue weighted by molar-refractivity contribution is 7.00. The van der Waals surface area contributed by atoms with Crippen LogP contribution in [0.25, 0.3) is 11.0 Å². The average Bonchev–Trinajstić information content (AvgIpc) is 3.31. The summed E-state index contributed by atoms with van der Waals surface area (Å²) in [6.07, 6.45) is 3.91. The summed E-state index contributed by atoms with van der Waals surface area (Å²) in [5.74, 6) is 1.51. The number of likely N-dealkylation sites (tertiary alicyclic amines) is 1. The molecule has 25 heavy (non-hydrogen) atoms. The summed E-state index contributed by atoms with van der Waals surface area (Å²) in [7, 11) is 0. The van der Waals surface area contributed by atoms with Gasteiger partial charge in [0.1, 0.15) is 16.8 Å². The van der Waals surface area contributed by atoms with E-state index in [-0.39, 0.29) is 5.91 Å². The van der Waals surface area contributed by atoms with Crippen LogP contribution < -0.4 is 5.32 Å². The van der Waals surface area contributed by atoms with Crippen molar-refractivity contribution in [2.45, 2.75) is 19.4 Å². The lowest BCUT2D eigenvalue weighted by Gasteiger charge is -2.31. The molecule has 0 aliphatic carbocycles. The van der Waals surface area contributed by atoms with Gasteiger partial charge in [0.2, 0.25) is 0 Å². The van der Waals surface area contributed by atoms with E-state index in [1.165, 1.54) is 11.7 Å². The van der Waals surface area contributed by atoms with Crippen LogP contribution in [0, 0.1) is 5.92 Å². The predicted octanol–water partition coefficient (Wildman–Crippen LogP) is 2.93. The van der Waals surface area contributed by atoms with E-state index in [4.69, 9.17) is 4.42 Å². The topological polar surface area (TPSA) is 71.3 Å². The average molecular weight is 356 g/mol. The van der Waals surface area contributed by atoms with Gasteiger partial charge < -0.3 is 9.73 Å². The van der Waals surface area contributed by atoms with Gasteiger partial charge in [-0.15, -0.1) is 0 Å². The molecule has 2 aromatic heterocycles. The van der Waals surface area contributed by atoms with Crippen LogP contribution in [-0.2, 0) is 6.54 Å². The fraction of sp³-hybridized carbons (Fsp3) is 0.389. The summed E-state index contributed by atoms with van der Waals surface area (Å²) in [5, 5.41) is 3.07. The Bertz CT molecular complexity index is 838. The summed E-state index contributed by atoms with van der Waals surface area (Å²) < 4.78 is 13.8. The number of rotatable bonds is 5. The maximum absolute atomic E-state index is 12.4. The summed E-state index contributed by atoms with van der Waals surface area (Å²) >= 11 is 1.17. The number of amides is 1. The molecule has 3 aromatic rings. The van der Waals surface area contributed by atoms with Gasteiger partial charge in [0.15, 0.2) is 0 Å². The van der Waals surface area contributed by atoms with Crippen LogP contribution in [0.1, 0.15) is 29.0 Å². The van der Waals surface area contributed by atoms with Crippen molar-refractivity contribution < 1.29 is 9.21 Å². The van der Waals surface area contributed by atoms with Gasteiger partial charge >= 0.3 is 0 Å². The highest BCUT2D eigenvalue weighted by atomic mass is 32.1. The van der Waals surface area contributed by atoms with Crippen LogP contribution in [-0.4, -0.2) is 39.2 Å². The lowest BCUT2D eigenvalue weighted by atomic mass is 9.96. The molecule has 0 unspecified atom stereocenters. The normalized spacial score (nSPS) is 16.3. The Balaban J connectivity index is 1.25. The van der Waals surface area contributed by atoms with Gasteiger partial charge in [-0.25, -0.2) is 0 Å². The highest BCUT2D eigenvalue weighted by Crippen LogP contribution is 2.19. The summed E-state index contributed by atoms with van der Waals surface area (Å²) in [4.78, 5) is 14.8. The second-order valence-electron chi connectivity index (χ2n) is 6.48. The largest absolute Gasteiger partial charge is 0.468 e. The van der Waals surface area contributed by atoms with Crippen molar-refractivity contribution in [3.8, 4) is 0 Å². The molecule has 1 N–H and O–H groups in total. The molecule has 0 spiro atoms. The van der Waals surface area contributed by atoms with Crippen LogP contribution >= 0.6 is 11.7 Å². The first-order valence-electron chi connectivity index (χ1n) is 8.53.